The number of likely N-dealkylation sites (tertiary alicyclic amines) is 1. The second-order valence-electron chi connectivity index (χ2n) is 5.54. The van der Waals surface area contributed by atoms with Gasteiger partial charge in [-0.2, -0.15) is 0 Å². The molecule has 0 saturated carbocycles. The van der Waals surface area contributed by atoms with Crippen molar-refractivity contribution >= 4 is 12.1 Å². The lowest BCUT2D eigenvalue weighted by Gasteiger charge is -2.40. The molecule has 1 heterocycles. The highest BCUT2D eigenvalue weighted by molar-refractivity contribution is 5.74. The highest BCUT2D eigenvalue weighted by Crippen LogP contribution is 2.18. The van der Waals surface area contributed by atoms with Gasteiger partial charge in [-0.1, -0.05) is 0 Å². The number of hydrogen-bond acceptors (Lipinski definition) is 5. The minimum absolute atomic E-state index is 0.132. The van der Waals surface area contributed by atoms with Gasteiger partial charge in [-0.3, -0.25) is 0 Å². The van der Waals surface area contributed by atoms with Gasteiger partial charge in [0, 0.05) is 0 Å². The Morgan fingerprint density at radius 2 is 1.89 bits per heavy atom. The van der Waals surface area contributed by atoms with Crippen molar-refractivity contribution in [3.05, 3.63) is 0 Å². The van der Waals surface area contributed by atoms with Crippen molar-refractivity contribution in [1.29, 1.82) is 0 Å². The summed E-state index contributed by atoms with van der Waals surface area (Å²) in [5.41, 5.74) is -0.499. The molecular weight excluding hydrogens is 250 g/mol. The quantitative estimate of drug-likeness (QED) is 0.727. The van der Waals surface area contributed by atoms with E-state index in [0.29, 0.717) is 19.7 Å². The Bertz CT molecular complexity index is 330. The number of amides is 1. The smallest absolute Gasteiger partial charge is 0.410 e. The van der Waals surface area contributed by atoms with E-state index in [2.05, 4.69) is 0 Å². The van der Waals surface area contributed by atoms with Crippen LogP contribution in [-0.2, 0) is 19.0 Å². The fourth-order valence-corrected chi connectivity index (χ4v) is 1.60. The van der Waals surface area contributed by atoms with Crippen LogP contribution in [0.1, 0.15) is 34.6 Å². The number of carbonyl (C=O) groups excluding carboxylic acids is 2. The monoisotopic (exact) mass is 273 g/mol. The summed E-state index contributed by atoms with van der Waals surface area (Å²) in [5, 5.41) is 0. The third-order valence-corrected chi connectivity index (χ3v) is 2.51. The molecule has 0 radical (unpaired) electrons. The summed E-state index contributed by atoms with van der Waals surface area (Å²) >= 11 is 0. The third kappa shape index (κ3) is 5.06. The summed E-state index contributed by atoms with van der Waals surface area (Å²) < 4.78 is 15.6. The minimum atomic E-state index is -0.606. The molecule has 1 amide bonds. The Morgan fingerprint density at radius 1 is 1.32 bits per heavy atom. The number of ether oxygens (including phenoxy) is 3. The minimum Gasteiger partial charge on any atom is -0.464 e. The first-order chi connectivity index (χ1) is 8.73. The average molecular weight is 273 g/mol. The molecule has 1 aliphatic rings. The van der Waals surface area contributed by atoms with Gasteiger partial charge in [-0.15, -0.1) is 0 Å². The number of rotatable bonds is 4. The third-order valence-electron chi connectivity index (χ3n) is 2.51. The number of hydrogen-bond donors (Lipinski definition) is 0. The Labute approximate surface area is 114 Å². The summed E-state index contributed by atoms with van der Waals surface area (Å²) in [6.45, 7) is 10.1. The predicted molar refractivity (Wildman–Crippen MR) is 68.8 cm³/mol. The molecule has 1 rings (SSSR count). The molecule has 1 aliphatic heterocycles. The second-order valence-corrected chi connectivity index (χ2v) is 5.54. The molecule has 1 fully saturated rings. The van der Waals surface area contributed by atoms with Crippen molar-refractivity contribution in [3.8, 4) is 0 Å². The van der Waals surface area contributed by atoms with Crippen molar-refractivity contribution in [2.24, 2.45) is 0 Å². The Kier molecular flexibility index (Phi) is 5.17. The Morgan fingerprint density at radius 3 is 2.37 bits per heavy atom. The van der Waals surface area contributed by atoms with E-state index in [1.807, 2.05) is 20.8 Å². The molecule has 0 bridgehead atoms. The van der Waals surface area contributed by atoms with Gasteiger partial charge in [0.2, 0.25) is 0 Å². The van der Waals surface area contributed by atoms with Crippen LogP contribution in [0.5, 0.6) is 0 Å². The number of esters is 1. The first kappa shape index (κ1) is 15.8. The average Bonchev–Trinajstić information content (AvgIpc) is 2.19. The van der Waals surface area contributed by atoms with Crippen molar-refractivity contribution in [3.63, 3.8) is 0 Å². The van der Waals surface area contributed by atoms with E-state index in [1.54, 1.807) is 18.7 Å². The molecule has 0 N–H and O–H groups in total. The van der Waals surface area contributed by atoms with E-state index in [4.69, 9.17) is 14.2 Å². The van der Waals surface area contributed by atoms with Crippen LogP contribution in [0.4, 0.5) is 4.79 Å². The van der Waals surface area contributed by atoms with E-state index in [0.717, 1.165) is 0 Å². The zero-order valence-electron chi connectivity index (χ0n) is 12.3. The molecule has 0 aromatic heterocycles. The number of nitrogens with zero attached hydrogens (tertiary/aromatic N) is 1. The topological polar surface area (TPSA) is 65.1 Å². The largest absolute Gasteiger partial charge is 0.464 e. The summed E-state index contributed by atoms with van der Waals surface area (Å²) in [6.07, 6.45) is -1.09. The van der Waals surface area contributed by atoms with Gasteiger partial charge in [0.1, 0.15) is 5.60 Å². The van der Waals surface area contributed by atoms with Crippen LogP contribution in [0.25, 0.3) is 0 Å². The highest BCUT2D eigenvalue weighted by Gasteiger charge is 2.36. The molecule has 110 valence electrons. The molecule has 1 saturated heterocycles. The maximum Gasteiger partial charge on any atom is 0.410 e. The van der Waals surface area contributed by atoms with Crippen molar-refractivity contribution in [1.82, 2.24) is 4.90 Å². The van der Waals surface area contributed by atoms with Crippen LogP contribution in [0.15, 0.2) is 0 Å². The fourth-order valence-electron chi connectivity index (χ4n) is 1.60. The summed E-state index contributed by atoms with van der Waals surface area (Å²) in [4.78, 5) is 24.6. The zero-order valence-corrected chi connectivity index (χ0v) is 12.3. The molecule has 0 aliphatic carbocycles. The van der Waals surface area contributed by atoms with Crippen molar-refractivity contribution in [2.45, 2.75) is 52.4 Å². The molecular formula is C13H23NO5. The van der Waals surface area contributed by atoms with Crippen LogP contribution in [0.3, 0.4) is 0 Å². The summed E-state index contributed by atoms with van der Waals surface area (Å²) in [6, 6.07) is 0. The normalized spacial score (nSPS) is 17.6. The lowest BCUT2D eigenvalue weighted by Crippen LogP contribution is -2.57. The predicted octanol–water partition coefficient (Wildman–Crippen LogP) is 1.57. The van der Waals surface area contributed by atoms with E-state index in [9.17, 15) is 9.59 Å². The van der Waals surface area contributed by atoms with Gasteiger partial charge in [0.15, 0.2) is 6.10 Å². The summed E-state index contributed by atoms with van der Waals surface area (Å²) in [7, 11) is 0. The Hall–Kier alpha value is -1.30. The van der Waals surface area contributed by atoms with Gasteiger partial charge in [-0.25, -0.2) is 9.59 Å². The molecule has 0 spiro atoms. The first-order valence-corrected chi connectivity index (χ1v) is 6.53. The fraction of sp³-hybridized carbons (Fsp3) is 0.846. The van der Waals surface area contributed by atoms with Crippen molar-refractivity contribution < 1.29 is 23.8 Å². The zero-order chi connectivity index (χ0) is 14.6. The van der Waals surface area contributed by atoms with E-state index >= 15 is 0 Å². The van der Waals surface area contributed by atoms with Crippen LogP contribution < -0.4 is 0 Å². The van der Waals surface area contributed by atoms with Crippen molar-refractivity contribution in [2.75, 3.05) is 19.7 Å². The number of carbonyl (C=O) groups is 2. The van der Waals surface area contributed by atoms with E-state index in [-0.39, 0.29) is 18.2 Å². The first-order valence-electron chi connectivity index (χ1n) is 6.53. The van der Waals surface area contributed by atoms with Gasteiger partial charge in [0.05, 0.1) is 25.8 Å². The maximum absolute atomic E-state index is 11.7. The van der Waals surface area contributed by atoms with Gasteiger partial charge >= 0.3 is 12.1 Å². The maximum atomic E-state index is 11.7. The van der Waals surface area contributed by atoms with E-state index < -0.39 is 11.7 Å². The van der Waals surface area contributed by atoms with Crippen LogP contribution in [0.2, 0.25) is 0 Å². The molecule has 1 atom stereocenters. The molecule has 0 aromatic rings. The lowest BCUT2D eigenvalue weighted by atomic mass is 10.1. The molecule has 0 unspecified atom stereocenters. The van der Waals surface area contributed by atoms with Crippen LogP contribution in [0, 0.1) is 0 Å². The van der Waals surface area contributed by atoms with Gasteiger partial charge in [0.25, 0.3) is 0 Å². The lowest BCUT2D eigenvalue weighted by molar-refractivity contribution is -0.164. The molecule has 6 heteroatoms. The summed E-state index contributed by atoms with van der Waals surface area (Å²) in [5.74, 6) is -0.377. The second kappa shape index (κ2) is 6.23. The molecule has 6 nitrogen and oxygen atoms in total. The standard InChI is InChI=1S/C13H23NO5/c1-6-17-11(15)9(2)18-10-7-14(8-10)12(16)19-13(3,4)5/h9-10H,6-8H2,1-5H3/t9-/m1/s1. The molecule has 19 heavy (non-hydrogen) atoms. The van der Waals surface area contributed by atoms with Crippen LogP contribution >= 0.6 is 0 Å². The van der Waals surface area contributed by atoms with Gasteiger partial charge < -0.3 is 19.1 Å². The Balaban J connectivity index is 2.27. The highest BCUT2D eigenvalue weighted by atomic mass is 16.6. The SMILES string of the molecule is CCOC(=O)[C@@H](C)OC1CN(C(=O)OC(C)(C)C)C1. The molecule has 0 aromatic carbocycles. The van der Waals surface area contributed by atoms with E-state index in [1.165, 1.54) is 0 Å². The van der Waals surface area contributed by atoms with Gasteiger partial charge in [-0.05, 0) is 34.6 Å². The van der Waals surface area contributed by atoms with Crippen LogP contribution in [-0.4, -0.2) is 54.5 Å².